The first kappa shape index (κ1) is 8.49. The van der Waals surface area contributed by atoms with Crippen molar-refractivity contribution >= 4 is 12.5 Å². The third-order valence-corrected chi connectivity index (χ3v) is 0.893. The molecule has 1 rings (SSSR count). The largest absolute Gasteiger partial charge is 0.508 e. The van der Waals surface area contributed by atoms with Crippen molar-refractivity contribution in [3.63, 3.8) is 0 Å². The molecule has 0 saturated carbocycles. The summed E-state index contributed by atoms with van der Waals surface area (Å²) in [5.41, 5.74) is 5.98. The molecule has 0 radical (unpaired) electrons. The summed E-state index contributed by atoms with van der Waals surface area (Å²) >= 11 is 0. The molecule has 0 spiro atoms. The van der Waals surface area contributed by atoms with Crippen molar-refractivity contribution in [3.8, 4) is 5.75 Å². The van der Waals surface area contributed by atoms with E-state index in [2.05, 4.69) is 0 Å². The smallest absolute Gasteiger partial charge is 0.115 e. The third-order valence-electron chi connectivity index (χ3n) is 0.893. The van der Waals surface area contributed by atoms with E-state index in [1.807, 2.05) is 6.79 Å². The first-order chi connectivity index (χ1) is 4.79. The van der Waals surface area contributed by atoms with Gasteiger partial charge in [0.1, 0.15) is 12.5 Å². The minimum atomic E-state index is 0.249. The Hall–Kier alpha value is -1.51. The van der Waals surface area contributed by atoms with Crippen molar-refractivity contribution in [1.29, 1.82) is 0 Å². The Kier molecular flexibility index (Phi) is 3.72. The van der Waals surface area contributed by atoms with Gasteiger partial charge in [0.25, 0.3) is 0 Å². The molecule has 10 heavy (non-hydrogen) atoms. The maximum atomic E-state index is 8.70. The number of aromatic hydroxyl groups is 1. The van der Waals surface area contributed by atoms with Crippen LogP contribution >= 0.6 is 0 Å². The highest BCUT2D eigenvalue weighted by Gasteiger charge is 1.82. The Morgan fingerprint density at radius 3 is 1.90 bits per heavy atom. The summed E-state index contributed by atoms with van der Waals surface area (Å²) in [4.78, 5) is 8.00. The van der Waals surface area contributed by atoms with Gasteiger partial charge in [-0.1, -0.05) is 0 Å². The number of phenolic OH excluding ortho intramolecular Hbond substituents is 1. The van der Waals surface area contributed by atoms with E-state index in [9.17, 15) is 0 Å². The normalized spacial score (nSPS) is 7.60. The number of hydrogen-bond acceptors (Lipinski definition) is 3. The van der Waals surface area contributed by atoms with Crippen LogP contribution in [0.15, 0.2) is 24.3 Å². The minimum Gasteiger partial charge on any atom is -0.508 e. The lowest BCUT2D eigenvalue weighted by Gasteiger charge is -1.89. The van der Waals surface area contributed by atoms with E-state index in [-0.39, 0.29) is 5.75 Å². The molecule has 0 unspecified atom stereocenters. The molecule has 1 aromatic carbocycles. The first-order valence-corrected chi connectivity index (χ1v) is 2.62. The van der Waals surface area contributed by atoms with Crippen LogP contribution in [0.1, 0.15) is 0 Å². The number of carbonyl (C=O) groups is 1. The van der Waals surface area contributed by atoms with E-state index in [1.54, 1.807) is 24.3 Å². The molecule has 0 atom stereocenters. The Bertz CT molecular complexity index is 162. The molecule has 0 aromatic heterocycles. The Morgan fingerprint density at radius 1 is 1.20 bits per heavy atom. The molecule has 0 bridgehead atoms. The van der Waals surface area contributed by atoms with E-state index in [0.717, 1.165) is 0 Å². The molecule has 0 aliphatic rings. The molecule has 0 aliphatic heterocycles. The number of hydrogen-bond donors (Lipinski definition) is 2. The standard InChI is InChI=1S/C6H7NO.CH2O/c7-5-1-3-6(8)4-2-5;1-2/h1-4,8H,7H2;1H2. The maximum Gasteiger partial charge on any atom is 0.115 e. The van der Waals surface area contributed by atoms with Crippen LogP contribution in [-0.2, 0) is 4.79 Å². The Morgan fingerprint density at radius 2 is 1.60 bits per heavy atom. The fraction of sp³-hybridized carbons (Fsp3) is 0. The molecular formula is C7H9NO2. The zero-order chi connectivity index (χ0) is 7.98. The molecule has 3 nitrogen and oxygen atoms in total. The molecule has 0 amide bonds. The van der Waals surface area contributed by atoms with Gasteiger partial charge in [-0.05, 0) is 24.3 Å². The van der Waals surface area contributed by atoms with Gasteiger partial charge in [0, 0.05) is 5.69 Å². The average molecular weight is 139 g/mol. The van der Waals surface area contributed by atoms with E-state index in [1.165, 1.54) is 0 Å². The van der Waals surface area contributed by atoms with Gasteiger partial charge in [0.05, 0.1) is 0 Å². The molecule has 1 aromatic rings. The first-order valence-electron chi connectivity index (χ1n) is 2.62. The van der Waals surface area contributed by atoms with Gasteiger partial charge < -0.3 is 15.6 Å². The van der Waals surface area contributed by atoms with Crippen LogP contribution in [0.3, 0.4) is 0 Å². The second-order valence-corrected chi connectivity index (χ2v) is 1.59. The van der Waals surface area contributed by atoms with Crippen molar-refractivity contribution in [2.75, 3.05) is 5.73 Å². The summed E-state index contributed by atoms with van der Waals surface area (Å²) in [5, 5.41) is 8.70. The van der Waals surface area contributed by atoms with Crippen LogP contribution in [0, 0.1) is 0 Å². The average Bonchev–Trinajstić information content (AvgIpc) is 2.00. The van der Waals surface area contributed by atoms with Gasteiger partial charge in [-0.25, -0.2) is 0 Å². The quantitative estimate of drug-likeness (QED) is 0.412. The summed E-state index contributed by atoms with van der Waals surface area (Å²) in [6.07, 6.45) is 0. The monoisotopic (exact) mass is 139 g/mol. The van der Waals surface area contributed by atoms with Crippen molar-refractivity contribution in [2.24, 2.45) is 0 Å². The molecule has 0 aliphatic carbocycles. The lowest BCUT2D eigenvalue weighted by Crippen LogP contribution is -1.80. The molecule has 54 valence electrons. The summed E-state index contributed by atoms with van der Waals surface area (Å²) in [5.74, 6) is 0.249. The predicted molar refractivity (Wildman–Crippen MR) is 39.6 cm³/mol. The lowest BCUT2D eigenvalue weighted by atomic mass is 10.3. The van der Waals surface area contributed by atoms with Gasteiger partial charge in [-0.2, -0.15) is 0 Å². The van der Waals surface area contributed by atoms with Gasteiger partial charge in [-0.15, -0.1) is 0 Å². The molecular weight excluding hydrogens is 130 g/mol. The molecule has 0 fully saturated rings. The summed E-state index contributed by atoms with van der Waals surface area (Å²) in [6, 6.07) is 6.40. The van der Waals surface area contributed by atoms with Crippen LogP contribution in [0.5, 0.6) is 5.75 Å². The number of rotatable bonds is 0. The molecule has 0 heterocycles. The molecule has 0 saturated heterocycles. The predicted octanol–water partition coefficient (Wildman–Crippen LogP) is 0.789. The zero-order valence-electron chi connectivity index (χ0n) is 5.45. The fourth-order valence-electron chi connectivity index (χ4n) is 0.474. The number of nitrogen functional groups attached to an aromatic ring is 1. The van der Waals surface area contributed by atoms with E-state index in [0.29, 0.717) is 5.69 Å². The number of nitrogens with two attached hydrogens (primary N) is 1. The Labute approximate surface area is 59.1 Å². The van der Waals surface area contributed by atoms with Gasteiger partial charge in [0.15, 0.2) is 0 Å². The minimum absolute atomic E-state index is 0.249. The van der Waals surface area contributed by atoms with Crippen molar-refractivity contribution in [3.05, 3.63) is 24.3 Å². The molecule has 3 N–H and O–H groups in total. The highest BCUT2D eigenvalue weighted by molar-refractivity contribution is 5.40. The van der Waals surface area contributed by atoms with Crippen molar-refractivity contribution in [2.45, 2.75) is 0 Å². The number of benzene rings is 1. The highest BCUT2D eigenvalue weighted by Crippen LogP contribution is 2.09. The van der Waals surface area contributed by atoms with Gasteiger partial charge in [-0.3, -0.25) is 0 Å². The van der Waals surface area contributed by atoms with E-state index < -0.39 is 0 Å². The molecule has 3 heteroatoms. The lowest BCUT2D eigenvalue weighted by molar-refractivity contribution is -0.0979. The number of phenols is 1. The zero-order valence-corrected chi connectivity index (χ0v) is 5.45. The van der Waals surface area contributed by atoms with Gasteiger partial charge >= 0.3 is 0 Å². The van der Waals surface area contributed by atoms with Crippen LogP contribution < -0.4 is 5.73 Å². The van der Waals surface area contributed by atoms with E-state index >= 15 is 0 Å². The topological polar surface area (TPSA) is 63.3 Å². The Balaban J connectivity index is 0.000000371. The maximum absolute atomic E-state index is 8.70. The van der Waals surface area contributed by atoms with Crippen LogP contribution in [0.2, 0.25) is 0 Å². The summed E-state index contributed by atoms with van der Waals surface area (Å²) < 4.78 is 0. The summed E-state index contributed by atoms with van der Waals surface area (Å²) in [6.45, 7) is 2.00. The van der Waals surface area contributed by atoms with Crippen LogP contribution in [-0.4, -0.2) is 11.9 Å². The fourth-order valence-corrected chi connectivity index (χ4v) is 0.474. The second kappa shape index (κ2) is 4.38. The second-order valence-electron chi connectivity index (χ2n) is 1.59. The number of anilines is 1. The summed E-state index contributed by atoms with van der Waals surface area (Å²) in [7, 11) is 0. The van der Waals surface area contributed by atoms with Crippen LogP contribution in [0.4, 0.5) is 5.69 Å². The SMILES string of the molecule is C=O.Nc1ccc(O)cc1. The highest BCUT2D eigenvalue weighted by atomic mass is 16.3. The van der Waals surface area contributed by atoms with Gasteiger partial charge in [0.2, 0.25) is 0 Å². The van der Waals surface area contributed by atoms with Crippen LogP contribution in [0.25, 0.3) is 0 Å². The third kappa shape index (κ3) is 2.71. The van der Waals surface area contributed by atoms with Crippen molar-refractivity contribution in [1.82, 2.24) is 0 Å². The van der Waals surface area contributed by atoms with Crippen molar-refractivity contribution < 1.29 is 9.90 Å². The number of carbonyl (C=O) groups excluding carboxylic acids is 1. The van der Waals surface area contributed by atoms with E-state index in [4.69, 9.17) is 15.6 Å².